The number of hydrogen-bond acceptors (Lipinski definition) is 1. The van der Waals surface area contributed by atoms with Gasteiger partial charge in [0.25, 0.3) is 0 Å². The van der Waals surface area contributed by atoms with E-state index in [1.807, 2.05) is 0 Å². The van der Waals surface area contributed by atoms with Crippen molar-refractivity contribution in [3.63, 3.8) is 0 Å². The first-order valence-corrected chi connectivity index (χ1v) is 3.80. The summed E-state index contributed by atoms with van der Waals surface area (Å²) in [6.07, 6.45) is 1.60. The van der Waals surface area contributed by atoms with Gasteiger partial charge in [-0.1, -0.05) is 6.07 Å². The first-order valence-electron chi connectivity index (χ1n) is 3.80. The molecule has 0 unspecified atom stereocenters. The van der Waals surface area contributed by atoms with E-state index in [-0.39, 0.29) is 5.43 Å². The number of nitrogens with one attached hydrogen (secondary N) is 1. The van der Waals surface area contributed by atoms with Crippen molar-refractivity contribution in [2.24, 2.45) is 0 Å². The maximum absolute atomic E-state index is 11.3. The molecule has 0 aliphatic carbocycles. The molecule has 3 nitrogen and oxygen atoms in total. The van der Waals surface area contributed by atoms with E-state index in [0.29, 0.717) is 11.1 Å². The normalized spacial score (nSPS) is 9.77. The quantitative estimate of drug-likeness (QED) is 0.604. The zero-order valence-electron chi connectivity index (χ0n) is 6.74. The Kier molecular flexibility index (Phi) is 1.60. The first-order chi connectivity index (χ1) is 6.31. The largest absolute Gasteiger partial charge is 0.361 e. The van der Waals surface area contributed by atoms with Gasteiger partial charge in [-0.3, -0.25) is 4.79 Å². The van der Waals surface area contributed by atoms with Gasteiger partial charge in [0.1, 0.15) is 0 Å². The average Bonchev–Trinajstić information content (AvgIpc) is 2.18. The zero-order valence-corrected chi connectivity index (χ0v) is 6.74. The summed E-state index contributed by atoms with van der Waals surface area (Å²) in [6, 6.07) is 6.48. The third-order valence-corrected chi connectivity index (χ3v) is 1.87. The van der Waals surface area contributed by atoms with Crippen LogP contribution in [0.1, 0.15) is 0 Å². The van der Waals surface area contributed by atoms with E-state index >= 15 is 0 Å². The Morgan fingerprint density at radius 2 is 2.15 bits per heavy atom. The van der Waals surface area contributed by atoms with Crippen LogP contribution in [0.5, 0.6) is 0 Å². The Balaban J connectivity index is 2.92. The molecule has 1 aromatic heterocycles. The molecule has 0 saturated heterocycles. The van der Waals surface area contributed by atoms with Crippen LogP contribution in [0.3, 0.4) is 0 Å². The standard InChI is InChI=1S/C10H6N2O/c1-11-7-2-3-9-8(6-7)10(13)4-5-12-9/h2-6H,(H,12,13). The lowest BCUT2D eigenvalue weighted by molar-refractivity contribution is 1.39. The molecule has 0 atom stereocenters. The molecular formula is C10H6N2O. The number of H-pyrrole nitrogens is 1. The number of rotatable bonds is 0. The van der Waals surface area contributed by atoms with Crippen LogP contribution in [-0.2, 0) is 0 Å². The van der Waals surface area contributed by atoms with Crippen LogP contribution in [0.2, 0.25) is 0 Å². The van der Waals surface area contributed by atoms with Gasteiger partial charge in [-0.15, -0.1) is 0 Å². The Labute approximate surface area is 74.5 Å². The van der Waals surface area contributed by atoms with Gasteiger partial charge in [0.15, 0.2) is 11.1 Å². The summed E-state index contributed by atoms with van der Waals surface area (Å²) in [6.45, 7) is 6.80. The summed E-state index contributed by atoms with van der Waals surface area (Å²) in [5, 5.41) is 0.566. The maximum Gasteiger partial charge on any atom is 0.188 e. The molecule has 0 radical (unpaired) electrons. The van der Waals surface area contributed by atoms with Crippen LogP contribution in [0, 0.1) is 6.57 Å². The van der Waals surface area contributed by atoms with Gasteiger partial charge in [-0.25, -0.2) is 4.85 Å². The molecule has 2 aromatic rings. The summed E-state index contributed by atoms with van der Waals surface area (Å²) in [5.41, 5.74) is 1.20. The Morgan fingerprint density at radius 3 is 2.92 bits per heavy atom. The highest BCUT2D eigenvalue weighted by molar-refractivity contribution is 5.82. The van der Waals surface area contributed by atoms with E-state index in [0.717, 1.165) is 5.52 Å². The predicted molar refractivity (Wildman–Crippen MR) is 50.8 cm³/mol. The van der Waals surface area contributed by atoms with Gasteiger partial charge in [0.05, 0.1) is 6.57 Å². The van der Waals surface area contributed by atoms with Crippen molar-refractivity contribution in [1.82, 2.24) is 4.98 Å². The van der Waals surface area contributed by atoms with Gasteiger partial charge in [-0.2, -0.15) is 0 Å². The SMILES string of the molecule is [C-]#[N+]c1ccc2[nH]ccc(=O)c2c1. The maximum atomic E-state index is 11.3. The Morgan fingerprint density at radius 1 is 1.31 bits per heavy atom. The van der Waals surface area contributed by atoms with Crippen molar-refractivity contribution in [2.75, 3.05) is 0 Å². The van der Waals surface area contributed by atoms with Gasteiger partial charge in [0, 0.05) is 23.2 Å². The lowest BCUT2D eigenvalue weighted by Gasteiger charge is -1.95. The Hall–Kier alpha value is -2.08. The lowest BCUT2D eigenvalue weighted by atomic mass is 10.2. The number of pyridine rings is 1. The Bertz CT molecular complexity index is 549. The van der Waals surface area contributed by atoms with Crippen LogP contribution in [-0.4, -0.2) is 4.98 Å². The molecule has 1 aromatic carbocycles. The molecule has 1 N–H and O–H groups in total. The second-order valence-corrected chi connectivity index (χ2v) is 2.68. The molecule has 0 aliphatic rings. The molecular weight excluding hydrogens is 164 g/mol. The predicted octanol–water partition coefficient (Wildman–Crippen LogP) is 2.08. The molecule has 0 fully saturated rings. The molecule has 0 spiro atoms. The minimum Gasteiger partial charge on any atom is -0.361 e. The highest BCUT2D eigenvalue weighted by Gasteiger charge is 1.98. The molecule has 2 rings (SSSR count). The molecule has 1 heterocycles. The van der Waals surface area contributed by atoms with E-state index in [1.54, 1.807) is 24.4 Å². The van der Waals surface area contributed by atoms with Crippen molar-refractivity contribution in [3.8, 4) is 0 Å². The van der Waals surface area contributed by atoms with Gasteiger partial charge in [0.2, 0.25) is 0 Å². The van der Waals surface area contributed by atoms with Crippen molar-refractivity contribution < 1.29 is 0 Å². The van der Waals surface area contributed by atoms with E-state index in [2.05, 4.69) is 9.83 Å². The molecule has 13 heavy (non-hydrogen) atoms. The number of aromatic amines is 1. The third kappa shape index (κ3) is 1.18. The van der Waals surface area contributed by atoms with Crippen LogP contribution in [0.4, 0.5) is 5.69 Å². The summed E-state index contributed by atoms with van der Waals surface area (Å²) >= 11 is 0. The first kappa shape index (κ1) is 7.56. The fourth-order valence-electron chi connectivity index (χ4n) is 1.23. The van der Waals surface area contributed by atoms with Crippen molar-refractivity contribution in [2.45, 2.75) is 0 Å². The number of hydrogen-bond donors (Lipinski definition) is 1. The summed E-state index contributed by atoms with van der Waals surface area (Å²) in [7, 11) is 0. The van der Waals surface area contributed by atoms with Crippen LogP contribution in [0.25, 0.3) is 15.7 Å². The van der Waals surface area contributed by atoms with Crippen LogP contribution < -0.4 is 5.43 Å². The molecule has 0 bridgehead atoms. The average molecular weight is 170 g/mol. The molecule has 0 saturated carbocycles. The minimum atomic E-state index is -0.0562. The summed E-state index contributed by atoms with van der Waals surface area (Å²) < 4.78 is 0. The molecule has 3 heteroatoms. The second kappa shape index (κ2) is 2.76. The highest BCUT2D eigenvalue weighted by Crippen LogP contribution is 2.16. The number of benzene rings is 1. The van der Waals surface area contributed by atoms with E-state index in [4.69, 9.17) is 6.57 Å². The molecule has 0 aliphatic heterocycles. The topological polar surface area (TPSA) is 37.2 Å². The lowest BCUT2D eigenvalue weighted by Crippen LogP contribution is -1.98. The zero-order chi connectivity index (χ0) is 9.26. The van der Waals surface area contributed by atoms with E-state index in [1.165, 1.54) is 6.07 Å². The number of fused-ring (bicyclic) bond motifs is 1. The van der Waals surface area contributed by atoms with E-state index in [9.17, 15) is 4.79 Å². The fraction of sp³-hybridized carbons (Fsp3) is 0. The van der Waals surface area contributed by atoms with Gasteiger partial charge < -0.3 is 4.98 Å². The fourth-order valence-corrected chi connectivity index (χ4v) is 1.23. The van der Waals surface area contributed by atoms with Gasteiger partial charge >= 0.3 is 0 Å². The van der Waals surface area contributed by atoms with Crippen molar-refractivity contribution in [1.29, 1.82) is 0 Å². The molecule has 0 amide bonds. The van der Waals surface area contributed by atoms with E-state index < -0.39 is 0 Å². The second-order valence-electron chi connectivity index (χ2n) is 2.68. The summed E-state index contributed by atoms with van der Waals surface area (Å²) in [4.78, 5) is 17.5. The number of aromatic nitrogens is 1. The van der Waals surface area contributed by atoms with Crippen LogP contribution >= 0.6 is 0 Å². The number of nitrogens with zero attached hydrogens (tertiary/aromatic N) is 1. The van der Waals surface area contributed by atoms with Gasteiger partial charge in [-0.05, 0) is 12.1 Å². The molecule has 62 valence electrons. The minimum absolute atomic E-state index is 0.0562. The smallest absolute Gasteiger partial charge is 0.188 e. The monoisotopic (exact) mass is 170 g/mol. The van der Waals surface area contributed by atoms with Crippen molar-refractivity contribution in [3.05, 3.63) is 52.1 Å². The summed E-state index contributed by atoms with van der Waals surface area (Å²) in [5.74, 6) is 0. The van der Waals surface area contributed by atoms with Crippen LogP contribution in [0.15, 0.2) is 35.3 Å². The third-order valence-electron chi connectivity index (χ3n) is 1.87. The highest BCUT2D eigenvalue weighted by atomic mass is 16.1. The van der Waals surface area contributed by atoms with Crippen molar-refractivity contribution >= 4 is 16.6 Å².